The number of rotatable bonds is 2. The summed E-state index contributed by atoms with van der Waals surface area (Å²) in [5.41, 5.74) is -8.28. The van der Waals surface area contributed by atoms with Crippen LogP contribution in [-0.4, -0.2) is 74.1 Å². The number of hydrogen-bond acceptors (Lipinski definition) is 10. The first kappa shape index (κ1) is 27.9. The van der Waals surface area contributed by atoms with Crippen LogP contribution in [0.1, 0.15) is 71.9 Å². The number of benzene rings is 2. The van der Waals surface area contributed by atoms with Crippen molar-refractivity contribution < 1.29 is 49.4 Å². The molecular weight excluding hydrogens is 546 g/mol. The maximum Gasteiger partial charge on any atom is 0.258 e. The zero-order valence-electron chi connectivity index (χ0n) is 23.8. The van der Waals surface area contributed by atoms with Gasteiger partial charge in [0.15, 0.2) is 22.9 Å². The molecule has 6 N–H and O–H groups in total. The van der Waals surface area contributed by atoms with E-state index in [1.807, 2.05) is 6.92 Å². The minimum atomic E-state index is -3.47. The monoisotopic (exact) mass is 577 g/mol. The number of ether oxygens (including phenoxy) is 1. The highest BCUT2D eigenvalue weighted by atomic mass is 16.5. The summed E-state index contributed by atoms with van der Waals surface area (Å²) in [7, 11) is 2.58. The molecule has 0 unspecified atom stereocenters. The van der Waals surface area contributed by atoms with Crippen LogP contribution in [0.25, 0.3) is 10.8 Å². The van der Waals surface area contributed by atoms with Crippen LogP contribution < -0.4 is 10.1 Å². The second-order valence-corrected chi connectivity index (χ2v) is 12.3. The number of Topliss-reactive ketones (excluding diaryl/α,β-unsaturated/α-hetero) is 3. The third-order valence-corrected chi connectivity index (χ3v) is 10.2. The Balaban J connectivity index is 1.78. The molecule has 11 heteroatoms. The minimum absolute atomic E-state index is 0.114. The zero-order valence-corrected chi connectivity index (χ0v) is 23.8. The van der Waals surface area contributed by atoms with Gasteiger partial charge in [-0.15, -0.1) is 0 Å². The molecule has 0 fully saturated rings. The van der Waals surface area contributed by atoms with Crippen molar-refractivity contribution in [2.24, 2.45) is 5.41 Å². The van der Waals surface area contributed by atoms with Crippen molar-refractivity contribution in [2.75, 3.05) is 14.2 Å². The summed E-state index contributed by atoms with van der Waals surface area (Å²) in [6.45, 7) is 6.06. The molecule has 0 heterocycles. The lowest BCUT2D eigenvalue weighted by atomic mass is 9.54. The number of allylic oxidation sites excluding steroid dienone is 2. The van der Waals surface area contributed by atoms with Gasteiger partial charge >= 0.3 is 0 Å². The number of aromatic hydroxyl groups is 2. The van der Waals surface area contributed by atoms with Crippen LogP contribution in [0.5, 0.6) is 17.2 Å². The molecule has 42 heavy (non-hydrogen) atoms. The molecule has 3 atom stereocenters. The number of phenols is 2. The Morgan fingerprint density at radius 1 is 1.00 bits per heavy atom. The van der Waals surface area contributed by atoms with E-state index >= 15 is 0 Å². The van der Waals surface area contributed by atoms with Crippen LogP contribution in [0.4, 0.5) is 0 Å². The van der Waals surface area contributed by atoms with Gasteiger partial charge in [0.05, 0.1) is 24.5 Å². The fraction of sp³-hybridized carbons (Fsp3) is 0.419. The zero-order chi connectivity index (χ0) is 30.9. The number of hydrogen-bond donors (Lipinski definition) is 6. The predicted octanol–water partition coefficient (Wildman–Crippen LogP) is 2.19. The fourth-order valence-electron chi connectivity index (χ4n) is 8.02. The Kier molecular flexibility index (Phi) is 5.45. The van der Waals surface area contributed by atoms with Crippen molar-refractivity contribution in [1.29, 1.82) is 0 Å². The van der Waals surface area contributed by atoms with Gasteiger partial charge in [0, 0.05) is 35.0 Å². The van der Waals surface area contributed by atoms with E-state index in [-0.39, 0.29) is 22.8 Å². The number of ketones is 3. The van der Waals surface area contributed by atoms with Crippen LogP contribution in [0, 0.1) is 5.41 Å². The third kappa shape index (κ3) is 2.78. The van der Waals surface area contributed by atoms with E-state index in [0.717, 1.165) is 25.5 Å². The number of phenolic OH excluding ortho intramolecular Hbond substituents is 2. The number of aliphatic hydroxyl groups is 3. The van der Waals surface area contributed by atoms with Crippen molar-refractivity contribution in [2.45, 2.75) is 63.1 Å². The van der Waals surface area contributed by atoms with Crippen LogP contribution >= 0.6 is 0 Å². The summed E-state index contributed by atoms with van der Waals surface area (Å²) < 4.78 is 5.72. The summed E-state index contributed by atoms with van der Waals surface area (Å²) in [6.07, 6.45) is 2.54. The van der Waals surface area contributed by atoms with Crippen molar-refractivity contribution in [3.63, 3.8) is 0 Å². The van der Waals surface area contributed by atoms with Gasteiger partial charge in [-0.05, 0) is 37.2 Å². The molecule has 4 aliphatic carbocycles. The number of aliphatic hydroxyl groups excluding tert-OH is 1. The summed E-state index contributed by atoms with van der Waals surface area (Å²) in [5.74, 6) is -7.57. The second kappa shape index (κ2) is 8.20. The Morgan fingerprint density at radius 3 is 2.26 bits per heavy atom. The summed E-state index contributed by atoms with van der Waals surface area (Å²) in [4.78, 5) is 53.9. The molecule has 0 bridgehead atoms. The Bertz CT molecular complexity index is 1780. The lowest BCUT2D eigenvalue weighted by Gasteiger charge is -2.49. The molecule has 6 rings (SSSR count). The maximum absolute atomic E-state index is 14.3. The molecule has 4 aliphatic rings. The van der Waals surface area contributed by atoms with Gasteiger partial charge in [0.25, 0.3) is 5.91 Å². The van der Waals surface area contributed by atoms with Gasteiger partial charge in [-0.2, -0.15) is 0 Å². The number of likely N-dealkylation sites (N-methyl/N-ethyl adjacent to an activating group) is 1. The van der Waals surface area contributed by atoms with Crippen LogP contribution in [0.3, 0.4) is 0 Å². The topological polar surface area (TPSA) is 191 Å². The van der Waals surface area contributed by atoms with Gasteiger partial charge in [0.1, 0.15) is 22.8 Å². The number of methoxy groups -OCH3 is 1. The minimum Gasteiger partial charge on any atom is -0.508 e. The third-order valence-electron chi connectivity index (χ3n) is 10.2. The molecule has 1 spiro atoms. The first-order valence-corrected chi connectivity index (χ1v) is 13.6. The Morgan fingerprint density at radius 2 is 1.67 bits per heavy atom. The molecule has 2 aromatic carbocycles. The van der Waals surface area contributed by atoms with Gasteiger partial charge in [0.2, 0.25) is 11.4 Å². The SMILES string of the molecule is CNC(=O)C1=C(O)[C@]2(O)C(=O)c3c(c4c5c(c(OC)cc(O)c5c3O)[C@@]3(C4)C(C)=CCCC3(C)C)C(=O)[C@]2(O)CC1=O. The van der Waals surface area contributed by atoms with E-state index in [2.05, 4.69) is 25.2 Å². The molecule has 11 nitrogen and oxygen atoms in total. The van der Waals surface area contributed by atoms with E-state index in [1.54, 1.807) is 0 Å². The maximum atomic E-state index is 14.3. The smallest absolute Gasteiger partial charge is 0.258 e. The van der Waals surface area contributed by atoms with Crippen molar-refractivity contribution in [3.8, 4) is 17.2 Å². The lowest BCUT2D eigenvalue weighted by Crippen LogP contribution is -2.70. The fourth-order valence-corrected chi connectivity index (χ4v) is 8.02. The van der Waals surface area contributed by atoms with Gasteiger partial charge in [-0.3, -0.25) is 19.2 Å². The number of nitrogens with one attached hydrogen (secondary N) is 1. The molecule has 1 amide bonds. The van der Waals surface area contributed by atoms with E-state index in [4.69, 9.17) is 4.74 Å². The predicted molar refractivity (Wildman–Crippen MR) is 148 cm³/mol. The quantitative estimate of drug-likeness (QED) is 0.228. The molecule has 2 aromatic rings. The lowest BCUT2D eigenvalue weighted by molar-refractivity contribution is -0.140. The molecule has 0 saturated heterocycles. The Hall–Kier alpha value is -4.22. The molecule has 0 saturated carbocycles. The summed E-state index contributed by atoms with van der Waals surface area (Å²) in [5, 5.41) is 59.4. The van der Waals surface area contributed by atoms with E-state index < -0.39 is 85.7 Å². The summed E-state index contributed by atoms with van der Waals surface area (Å²) >= 11 is 0. The van der Waals surface area contributed by atoms with E-state index in [0.29, 0.717) is 11.3 Å². The molecule has 220 valence electrons. The second-order valence-electron chi connectivity index (χ2n) is 12.3. The summed E-state index contributed by atoms with van der Waals surface area (Å²) in [6, 6.07) is 1.32. The van der Waals surface area contributed by atoms with Gasteiger partial charge < -0.3 is 35.6 Å². The normalized spacial score (nSPS) is 29.5. The van der Waals surface area contributed by atoms with Gasteiger partial charge in [-0.25, -0.2) is 0 Å². The van der Waals surface area contributed by atoms with Crippen molar-refractivity contribution >= 4 is 34.0 Å². The molecular formula is C31H31NO10. The first-order valence-electron chi connectivity index (χ1n) is 13.6. The van der Waals surface area contributed by atoms with Crippen LogP contribution in [-0.2, 0) is 21.4 Å². The molecule has 0 radical (unpaired) electrons. The van der Waals surface area contributed by atoms with Crippen molar-refractivity contribution in [3.05, 3.63) is 51.3 Å². The average molecular weight is 578 g/mol. The highest BCUT2D eigenvalue weighted by molar-refractivity contribution is 6.32. The Labute approximate surface area is 240 Å². The standard InChI is InChI=1S/C31H31NO10/c1-12-7-6-8-28(2,3)29(12)10-13-17-19(14(33)9-16(42-5)22(17)29)23(35)21-18(13)24(36)30(40)11-15(34)20(27(39)32-4)25(37)31(30,41)26(21)38/h7,9,33,35,37,40-41H,6,8,10-11H2,1-5H3,(H,32,39)/t29-,30-,31+/m1/s1. The average Bonchev–Trinajstić information content (AvgIpc) is 3.28. The molecule has 0 aromatic heterocycles. The van der Waals surface area contributed by atoms with E-state index in [1.165, 1.54) is 13.2 Å². The van der Waals surface area contributed by atoms with Crippen molar-refractivity contribution in [1.82, 2.24) is 5.32 Å². The highest BCUT2D eigenvalue weighted by Gasteiger charge is 2.71. The highest BCUT2D eigenvalue weighted by Crippen LogP contribution is 2.65. The number of carbonyl (C=O) groups is 4. The molecule has 0 aliphatic heterocycles. The van der Waals surface area contributed by atoms with Gasteiger partial charge in [-0.1, -0.05) is 25.5 Å². The number of amides is 1. The van der Waals surface area contributed by atoms with Crippen LogP contribution in [0.2, 0.25) is 0 Å². The number of carbonyl (C=O) groups excluding carboxylic acids is 4. The van der Waals surface area contributed by atoms with Crippen LogP contribution in [0.15, 0.2) is 29.0 Å². The first-order chi connectivity index (χ1) is 19.6. The van der Waals surface area contributed by atoms with E-state index in [9.17, 15) is 44.7 Å². The largest absolute Gasteiger partial charge is 0.508 e. The number of fused-ring (bicyclic) bond motifs is 4.